The number of ether oxygens (including phenoxy) is 1. The molecule has 1 aliphatic heterocycles. The summed E-state index contributed by atoms with van der Waals surface area (Å²) < 4.78 is 8.43. The van der Waals surface area contributed by atoms with E-state index in [-0.39, 0.29) is 22.5 Å². The van der Waals surface area contributed by atoms with Gasteiger partial charge < -0.3 is 14.2 Å². The Labute approximate surface area is 202 Å². The molecule has 1 fully saturated rings. The van der Waals surface area contributed by atoms with Crippen molar-refractivity contribution in [3.63, 3.8) is 0 Å². The van der Waals surface area contributed by atoms with Crippen molar-refractivity contribution >= 4 is 22.6 Å². The van der Waals surface area contributed by atoms with E-state index in [1.165, 1.54) is 4.40 Å². The van der Waals surface area contributed by atoms with Crippen LogP contribution in [0.5, 0.6) is 5.75 Å². The Bertz CT molecular complexity index is 1510. The predicted molar refractivity (Wildman–Crippen MR) is 134 cm³/mol. The van der Waals surface area contributed by atoms with Gasteiger partial charge in [0.25, 0.3) is 11.5 Å². The molecule has 0 atom stereocenters. The van der Waals surface area contributed by atoms with Crippen LogP contribution in [-0.4, -0.2) is 45.0 Å². The van der Waals surface area contributed by atoms with Crippen LogP contribution in [0, 0.1) is 11.3 Å². The molecule has 1 aromatic carbocycles. The molecule has 0 unspecified atom stereocenters. The molecule has 1 aliphatic rings. The van der Waals surface area contributed by atoms with Crippen LogP contribution >= 0.6 is 0 Å². The molecule has 4 aromatic rings. The van der Waals surface area contributed by atoms with Gasteiger partial charge in [-0.1, -0.05) is 25.1 Å². The number of piperidine rings is 1. The van der Waals surface area contributed by atoms with E-state index in [4.69, 9.17) is 15.1 Å². The van der Waals surface area contributed by atoms with Crippen molar-refractivity contribution in [1.29, 1.82) is 5.41 Å². The van der Waals surface area contributed by atoms with Crippen LogP contribution in [0.2, 0.25) is 0 Å². The number of fused-ring (bicyclic) bond motifs is 2. The molecule has 8 nitrogen and oxygen atoms in total. The Morgan fingerprint density at radius 2 is 1.89 bits per heavy atom. The van der Waals surface area contributed by atoms with Gasteiger partial charge in [0, 0.05) is 25.8 Å². The van der Waals surface area contributed by atoms with Crippen LogP contribution in [0.1, 0.15) is 35.7 Å². The molecule has 0 aliphatic carbocycles. The van der Waals surface area contributed by atoms with Crippen molar-refractivity contribution in [2.45, 2.75) is 32.7 Å². The monoisotopic (exact) mass is 471 g/mol. The molecule has 0 radical (unpaired) electrons. The first-order valence-electron chi connectivity index (χ1n) is 12.0. The van der Waals surface area contributed by atoms with E-state index < -0.39 is 0 Å². The number of nitrogens with one attached hydrogen (secondary N) is 1. The highest BCUT2D eigenvalue weighted by Gasteiger charge is 2.25. The molecule has 180 valence electrons. The standard InChI is InChI=1S/C27H29N5O3/c1-18-10-14-30(15-11-18)26(33)21-17-22-25(29-23-5-3-4-13-31(23)27(22)34)32(24(21)28)16-12-19-6-8-20(35-2)9-7-19/h3-9,13,17-18,28H,10-12,14-16H2,1-2H3. The lowest BCUT2D eigenvalue weighted by molar-refractivity contribution is 0.0694. The van der Waals surface area contributed by atoms with Crippen LogP contribution in [0.4, 0.5) is 0 Å². The van der Waals surface area contributed by atoms with Crippen LogP contribution in [0.25, 0.3) is 16.7 Å². The SMILES string of the molecule is COc1ccc(CCn2c(=N)c(C(=O)N3CCC(C)CC3)cc3c(=O)n4ccccc4nc32)cc1. The molecule has 35 heavy (non-hydrogen) atoms. The molecule has 4 heterocycles. The molecule has 1 saturated heterocycles. The number of aryl methyl sites for hydroxylation is 2. The van der Waals surface area contributed by atoms with Gasteiger partial charge in [0.05, 0.1) is 18.1 Å². The summed E-state index contributed by atoms with van der Waals surface area (Å²) in [5.74, 6) is 1.16. The lowest BCUT2D eigenvalue weighted by Gasteiger charge is -2.30. The number of likely N-dealkylation sites (tertiary alicyclic amines) is 1. The highest BCUT2D eigenvalue weighted by Crippen LogP contribution is 2.19. The minimum Gasteiger partial charge on any atom is -0.497 e. The first-order chi connectivity index (χ1) is 17.0. The lowest BCUT2D eigenvalue weighted by atomic mass is 9.98. The van der Waals surface area contributed by atoms with Gasteiger partial charge in [-0.2, -0.15) is 0 Å². The van der Waals surface area contributed by atoms with Crippen molar-refractivity contribution in [2.75, 3.05) is 20.2 Å². The summed E-state index contributed by atoms with van der Waals surface area (Å²) in [6, 6.07) is 14.7. The third-order valence-electron chi connectivity index (χ3n) is 6.90. The Balaban J connectivity index is 1.63. The maximum Gasteiger partial charge on any atom is 0.267 e. The maximum atomic E-state index is 13.5. The number of benzene rings is 1. The first kappa shape index (κ1) is 22.8. The number of hydrogen-bond donors (Lipinski definition) is 1. The van der Waals surface area contributed by atoms with Gasteiger partial charge in [0.15, 0.2) is 0 Å². The van der Waals surface area contributed by atoms with Gasteiger partial charge in [0.2, 0.25) is 0 Å². The van der Waals surface area contributed by atoms with E-state index in [0.717, 1.165) is 24.2 Å². The molecule has 0 saturated carbocycles. The number of aromatic nitrogens is 3. The van der Waals surface area contributed by atoms with Crippen molar-refractivity contribution in [3.05, 3.63) is 81.7 Å². The summed E-state index contributed by atoms with van der Waals surface area (Å²) in [4.78, 5) is 33.4. The smallest absolute Gasteiger partial charge is 0.267 e. The molecule has 8 heteroatoms. The summed E-state index contributed by atoms with van der Waals surface area (Å²) in [5, 5.41) is 9.31. The predicted octanol–water partition coefficient (Wildman–Crippen LogP) is 3.25. The summed E-state index contributed by atoms with van der Waals surface area (Å²) in [5.41, 5.74) is 2.07. The van der Waals surface area contributed by atoms with Crippen LogP contribution in [0.15, 0.2) is 59.5 Å². The Kier molecular flexibility index (Phi) is 6.11. The van der Waals surface area contributed by atoms with Gasteiger partial charge in [-0.15, -0.1) is 0 Å². The van der Waals surface area contributed by atoms with E-state index >= 15 is 0 Å². The third kappa shape index (κ3) is 4.32. The Morgan fingerprint density at radius 1 is 1.14 bits per heavy atom. The average Bonchev–Trinajstić information content (AvgIpc) is 2.88. The average molecular weight is 472 g/mol. The highest BCUT2D eigenvalue weighted by atomic mass is 16.5. The fourth-order valence-corrected chi connectivity index (χ4v) is 4.68. The van der Waals surface area contributed by atoms with Gasteiger partial charge in [-0.05, 0) is 61.1 Å². The molecular weight excluding hydrogens is 442 g/mol. The third-order valence-corrected chi connectivity index (χ3v) is 6.90. The number of nitrogens with zero attached hydrogens (tertiary/aromatic N) is 4. The highest BCUT2D eigenvalue weighted by molar-refractivity contribution is 5.97. The van der Waals surface area contributed by atoms with E-state index in [1.807, 2.05) is 30.3 Å². The fraction of sp³-hybridized carbons (Fsp3) is 0.333. The van der Waals surface area contributed by atoms with Gasteiger partial charge in [-0.3, -0.25) is 19.4 Å². The van der Waals surface area contributed by atoms with E-state index in [1.54, 1.807) is 41.0 Å². The van der Waals surface area contributed by atoms with Crippen LogP contribution in [0.3, 0.4) is 0 Å². The molecule has 5 rings (SSSR count). The second-order valence-electron chi connectivity index (χ2n) is 9.21. The molecule has 1 amide bonds. The normalized spacial score (nSPS) is 14.5. The second-order valence-corrected chi connectivity index (χ2v) is 9.21. The number of pyridine rings is 2. The van der Waals surface area contributed by atoms with Gasteiger partial charge in [-0.25, -0.2) is 4.98 Å². The Hall–Kier alpha value is -3.94. The van der Waals surface area contributed by atoms with Crippen molar-refractivity contribution < 1.29 is 9.53 Å². The van der Waals surface area contributed by atoms with E-state index in [9.17, 15) is 9.59 Å². The largest absolute Gasteiger partial charge is 0.497 e. The van der Waals surface area contributed by atoms with Crippen molar-refractivity contribution in [2.24, 2.45) is 5.92 Å². The zero-order valence-corrected chi connectivity index (χ0v) is 20.0. The molecule has 3 aromatic heterocycles. The molecule has 1 N–H and O–H groups in total. The number of rotatable bonds is 5. The summed E-state index contributed by atoms with van der Waals surface area (Å²) in [6.07, 6.45) is 4.18. The summed E-state index contributed by atoms with van der Waals surface area (Å²) >= 11 is 0. The topological polar surface area (TPSA) is 92.7 Å². The number of amides is 1. The maximum absolute atomic E-state index is 13.5. The first-order valence-corrected chi connectivity index (χ1v) is 12.0. The summed E-state index contributed by atoms with van der Waals surface area (Å²) in [7, 11) is 1.63. The van der Waals surface area contributed by atoms with E-state index in [0.29, 0.717) is 48.7 Å². The number of hydrogen-bond acceptors (Lipinski definition) is 5. The molecular formula is C27H29N5O3. The summed E-state index contributed by atoms with van der Waals surface area (Å²) in [6.45, 7) is 3.93. The van der Waals surface area contributed by atoms with Crippen molar-refractivity contribution in [1.82, 2.24) is 18.9 Å². The quantitative estimate of drug-likeness (QED) is 0.452. The fourth-order valence-electron chi connectivity index (χ4n) is 4.68. The second kappa shape index (κ2) is 9.37. The van der Waals surface area contributed by atoms with Gasteiger partial charge >= 0.3 is 0 Å². The van der Waals surface area contributed by atoms with Gasteiger partial charge in [0.1, 0.15) is 22.5 Å². The van der Waals surface area contributed by atoms with Crippen LogP contribution < -0.4 is 15.8 Å². The number of carbonyl (C=O) groups is 1. The van der Waals surface area contributed by atoms with Crippen molar-refractivity contribution in [3.8, 4) is 5.75 Å². The number of carbonyl (C=O) groups excluding carboxylic acids is 1. The zero-order valence-electron chi connectivity index (χ0n) is 20.0. The molecule has 0 bridgehead atoms. The number of methoxy groups -OCH3 is 1. The van der Waals surface area contributed by atoms with Crippen LogP contribution in [-0.2, 0) is 13.0 Å². The lowest BCUT2D eigenvalue weighted by Crippen LogP contribution is -2.41. The zero-order chi connectivity index (χ0) is 24.5. The molecule has 0 spiro atoms. The minimum atomic E-state index is -0.245. The minimum absolute atomic E-state index is 0.0850. The Morgan fingerprint density at radius 3 is 2.60 bits per heavy atom. The van der Waals surface area contributed by atoms with E-state index in [2.05, 4.69) is 6.92 Å².